The summed E-state index contributed by atoms with van der Waals surface area (Å²) in [5.41, 5.74) is 2.27. The van der Waals surface area contributed by atoms with Crippen LogP contribution in [0.5, 0.6) is 5.75 Å². The van der Waals surface area contributed by atoms with Crippen LogP contribution in [0.3, 0.4) is 0 Å². The average molecular weight is 365 g/mol. The number of para-hydroxylation sites is 3. The molecular formula is C24H32N2O. The normalized spacial score (nSPS) is 11.1. The molecule has 0 aliphatic heterocycles. The van der Waals surface area contributed by atoms with Crippen molar-refractivity contribution in [2.75, 3.05) is 0 Å². The largest absolute Gasteiger partial charge is 0.486 e. The molecule has 0 bridgehead atoms. The van der Waals surface area contributed by atoms with Crippen LogP contribution in [0.2, 0.25) is 0 Å². The number of hydrogen-bond donors (Lipinski definition) is 0. The number of benzene rings is 2. The zero-order valence-corrected chi connectivity index (χ0v) is 16.6. The standard InChI is InChI=1S/C24H32N2O/c1-2-3-4-5-6-7-8-14-19-26-23-18-13-12-17-22(23)25-24(26)20-27-21-15-10-9-11-16-21/h9-13,15-18H,2-8,14,19-20H2,1H3. The number of aromatic nitrogens is 2. The van der Waals surface area contributed by atoms with Gasteiger partial charge in [-0.15, -0.1) is 0 Å². The first kappa shape index (κ1) is 19.5. The Balaban J connectivity index is 1.56. The number of nitrogens with zero attached hydrogens (tertiary/aromatic N) is 2. The molecule has 0 atom stereocenters. The van der Waals surface area contributed by atoms with Crippen molar-refractivity contribution in [2.24, 2.45) is 0 Å². The van der Waals surface area contributed by atoms with Gasteiger partial charge in [-0.1, -0.05) is 82.2 Å². The second-order valence-electron chi connectivity index (χ2n) is 7.24. The minimum Gasteiger partial charge on any atom is -0.486 e. The number of imidazole rings is 1. The van der Waals surface area contributed by atoms with Gasteiger partial charge in [0, 0.05) is 6.54 Å². The van der Waals surface area contributed by atoms with Crippen molar-refractivity contribution in [1.29, 1.82) is 0 Å². The maximum Gasteiger partial charge on any atom is 0.147 e. The molecule has 2 aromatic carbocycles. The van der Waals surface area contributed by atoms with Crippen molar-refractivity contribution >= 4 is 11.0 Å². The number of fused-ring (bicyclic) bond motifs is 1. The Labute approximate surface area is 163 Å². The van der Waals surface area contributed by atoms with Crippen molar-refractivity contribution in [1.82, 2.24) is 9.55 Å². The monoisotopic (exact) mass is 364 g/mol. The van der Waals surface area contributed by atoms with E-state index in [1.54, 1.807) is 0 Å². The average Bonchev–Trinajstić information content (AvgIpc) is 3.07. The van der Waals surface area contributed by atoms with Gasteiger partial charge in [-0.05, 0) is 30.7 Å². The van der Waals surface area contributed by atoms with Gasteiger partial charge in [0.15, 0.2) is 0 Å². The summed E-state index contributed by atoms with van der Waals surface area (Å²) in [6.07, 6.45) is 10.7. The van der Waals surface area contributed by atoms with E-state index in [1.165, 1.54) is 56.9 Å². The number of aryl methyl sites for hydroxylation is 1. The lowest BCUT2D eigenvalue weighted by atomic mass is 10.1. The van der Waals surface area contributed by atoms with Crippen LogP contribution in [0.1, 0.15) is 64.1 Å². The van der Waals surface area contributed by atoms with Crippen LogP contribution >= 0.6 is 0 Å². The number of unbranched alkanes of at least 4 members (excludes halogenated alkanes) is 7. The highest BCUT2D eigenvalue weighted by Gasteiger charge is 2.10. The van der Waals surface area contributed by atoms with E-state index in [-0.39, 0.29) is 0 Å². The van der Waals surface area contributed by atoms with Gasteiger partial charge in [-0.25, -0.2) is 4.98 Å². The first-order valence-corrected chi connectivity index (χ1v) is 10.5. The fraction of sp³-hybridized carbons (Fsp3) is 0.458. The first-order chi connectivity index (χ1) is 13.4. The van der Waals surface area contributed by atoms with Gasteiger partial charge < -0.3 is 9.30 Å². The molecule has 3 rings (SSSR count). The minimum absolute atomic E-state index is 0.510. The van der Waals surface area contributed by atoms with Gasteiger partial charge in [0.25, 0.3) is 0 Å². The zero-order chi connectivity index (χ0) is 18.7. The summed E-state index contributed by atoms with van der Waals surface area (Å²) in [6, 6.07) is 18.4. The van der Waals surface area contributed by atoms with Crippen LogP contribution in [-0.4, -0.2) is 9.55 Å². The third-order valence-electron chi connectivity index (χ3n) is 5.08. The second kappa shape index (κ2) is 10.8. The quantitative estimate of drug-likeness (QED) is 0.332. The van der Waals surface area contributed by atoms with Crippen molar-refractivity contribution in [3.8, 4) is 5.75 Å². The van der Waals surface area contributed by atoms with Crippen molar-refractivity contribution in [2.45, 2.75) is 71.4 Å². The van der Waals surface area contributed by atoms with E-state index in [2.05, 4.69) is 35.8 Å². The summed E-state index contributed by atoms with van der Waals surface area (Å²) in [5.74, 6) is 1.91. The van der Waals surface area contributed by atoms with E-state index in [1.807, 2.05) is 30.3 Å². The molecule has 0 aliphatic rings. The summed E-state index contributed by atoms with van der Waals surface area (Å²) in [4.78, 5) is 4.81. The van der Waals surface area contributed by atoms with Gasteiger partial charge in [0.1, 0.15) is 18.2 Å². The molecule has 0 spiro atoms. The maximum absolute atomic E-state index is 5.96. The Morgan fingerprint density at radius 2 is 1.44 bits per heavy atom. The Hall–Kier alpha value is -2.29. The van der Waals surface area contributed by atoms with E-state index in [0.29, 0.717) is 6.61 Å². The maximum atomic E-state index is 5.96. The molecular weight excluding hydrogens is 332 g/mol. The summed E-state index contributed by atoms with van der Waals surface area (Å²) >= 11 is 0. The van der Waals surface area contributed by atoms with E-state index >= 15 is 0 Å². The molecule has 3 aromatic rings. The van der Waals surface area contributed by atoms with Crippen LogP contribution in [0.25, 0.3) is 11.0 Å². The predicted molar refractivity (Wildman–Crippen MR) is 113 cm³/mol. The van der Waals surface area contributed by atoms with Crippen LogP contribution in [-0.2, 0) is 13.2 Å². The Kier molecular flexibility index (Phi) is 7.76. The van der Waals surface area contributed by atoms with E-state index < -0.39 is 0 Å². The first-order valence-electron chi connectivity index (χ1n) is 10.5. The van der Waals surface area contributed by atoms with Gasteiger partial charge >= 0.3 is 0 Å². The SMILES string of the molecule is CCCCCCCCCCn1c(COc2ccccc2)nc2ccccc21. The van der Waals surface area contributed by atoms with Crippen LogP contribution < -0.4 is 4.74 Å². The molecule has 1 aromatic heterocycles. The summed E-state index contributed by atoms with van der Waals surface area (Å²) < 4.78 is 8.30. The molecule has 144 valence electrons. The fourth-order valence-electron chi connectivity index (χ4n) is 3.55. The Bertz CT molecular complexity index is 795. The number of rotatable bonds is 12. The molecule has 0 aliphatic carbocycles. The molecule has 0 radical (unpaired) electrons. The molecule has 0 amide bonds. The topological polar surface area (TPSA) is 27.1 Å². The summed E-state index contributed by atoms with van der Waals surface area (Å²) in [7, 11) is 0. The Morgan fingerprint density at radius 1 is 0.778 bits per heavy atom. The third-order valence-corrected chi connectivity index (χ3v) is 5.08. The van der Waals surface area contributed by atoms with E-state index in [4.69, 9.17) is 9.72 Å². The number of ether oxygens (including phenoxy) is 1. The highest BCUT2D eigenvalue weighted by molar-refractivity contribution is 5.75. The molecule has 0 saturated heterocycles. The van der Waals surface area contributed by atoms with Gasteiger partial charge in [0.2, 0.25) is 0 Å². The van der Waals surface area contributed by atoms with E-state index in [9.17, 15) is 0 Å². The van der Waals surface area contributed by atoms with E-state index in [0.717, 1.165) is 23.6 Å². The molecule has 0 fully saturated rings. The lowest BCUT2D eigenvalue weighted by Crippen LogP contribution is -2.07. The summed E-state index contributed by atoms with van der Waals surface area (Å²) in [5, 5.41) is 0. The van der Waals surface area contributed by atoms with Crippen LogP contribution in [0.15, 0.2) is 54.6 Å². The zero-order valence-electron chi connectivity index (χ0n) is 16.6. The molecule has 27 heavy (non-hydrogen) atoms. The molecule has 0 saturated carbocycles. The molecule has 3 nitrogen and oxygen atoms in total. The van der Waals surface area contributed by atoms with Gasteiger partial charge in [-0.2, -0.15) is 0 Å². The molecule has 0 unspecified atom stereocenters. The lowest BCUT2D eigenvalue weighted by molar-refractivity contribution is 0.289. The van der Waals surface area contributed by atoms with Crippen molar-refractivity contribution in [3.05, 3.63) is 60.4 Å². The van der Waals surface area contributed by atoms with Gasteiger partial charge in [-0.3, -0.25) is 0 Å². The number of hydrogen-bond acceptors (Lipinski definition) is 2. The second-order valence-corrected chi connectivity index (χ2v) is 7.24. The Morgan fingerprint density at radius 3 is 2.22 bits per heavy atom. The lowest BCUT2D eigenvalue weighted by Gasteiger charge is -2.10. The van der Waals surface area contributed by atoms with Gasteiger partial charge in [0.05, 0.1) is 11.0 Å². The fourth-order valence-corrected chi connectivity index (χ4v) is 3.55. The predicted octanol–water partition coefficient (Wildman–Crippen LogP) is 6.76. The van der Waals surface area contributed by atoms with Crippen molar-refractivity contribution < 1.29 is 4.74 Å². The molecule has 0 N–H and O–H groups in total. The minimum atomic E-state index is 0.510. The third kappa shape index (κ3) is 5.85. The van der Waals surface area contributed by atoms with Crippen LogP contribution in [0, 0.1) is 0 Å². The highest BCUT2D eigenvalue weighted by Crippen LogP contribution is 2.19. The van der Waals surface area contributed by atoms with Crippen LogP contribution in [0.4, 0.5) is 0 Å². The molecule has 1 heterocycles. The highest BCUT2D eigenvalue weighted by atomic mass is 16.5. The smallest absolute Gasteiger partial charge is 0.147 e. The summed E-state index contributed by atoms with van der Waals surface area (Å²) in [6.45, 7) is 3.80. The molecule has 3 heteroatoms. The van der Waals surface area contributed by atoms with Crippen molar-refractivity contribution in [3.63, 3.8) is 0 Å².